The van der Waals surface area contributed by atoms with Crippen molar-refractivity contribution in [3.8, 4) is 0 Å². The predicted molar refractivity (Wildman–Crippen MR) is 102 cm³/mol. The summed E-state index contributed by atoms with van der Waals surface area (Å²) in [6.07, 6.45) is 4.34. The molecule has 1 aromatic rings. The predicted octanol–water partition coefficient (Wildman–Crippen LogP) is 3.70. The second kappa shape index (κ2) is 7.00. The number of halogens is 1. The van der Waals surface area contributed by atoms with E-state index in [2.05, 4.69) is 15.9 Å². The number of sulfonamides is 1. The maximum Gasteiger partial charge on any atom is 0.245 e. The Morgan fingerprint density at radius 2 is 2.04 bits per heavy atom. The molecule has 0 spiro atoms. The minimum atomic E-state index is -3.65. The van der Waals surface area contributed by atoms with Gasteiger partial charge < -0.3 is 4.90 Å². The number of carbonyl (C=O) groups excluding carboxylic acids is 1. The number of hydrogen-bond acceptors (Lipinski definition) is 3. The summed E-state index contributed by atoms with van der Waals surface area (Å²) >= 11 is 3.45. The van der Waals surface area contributed by atoms with Crippen molar-refractivity contribution in [2.24, 2.45) is 0 Å². The molecule has 2 heterocycles. The largest absolute Gasteiger partial charge is 0.308 e. The first-order valence-corrected chi connectivity index (χ1v) is 11.1. The van der Waals surface area contributed by atoms with Gasteiger partial charge >= 0.3 is 0 Å². The molecule has 0 aliphatic carbocycles. The molecule has 1 aromatic carbocycles. The summed E-state index contributed by atoms with van der Waals surface area (Å²) in [4.78, 5) is 14.1. The second-order valence-corrected chi connectivity index (χ2v) is 9.80. The Bertz CT molecular complexity index is 794. The average Bonchev–Trinajstić information content (AvgIpc) is 2.89. The smallest absolute Gasteiger partial charge is 0.245 e. The van der Waals surface area contributed by atoms with E-state index in [1.807, 2.05) is 19.9 Å². The normalized spacial score (nSPS) is 24.4. The third-order valence-corrected chi connectivity index (χ3v) is 7.71. The molecule has 5 nitrogen and oxygen atoms in total. The molecule has 0 aromatic heterocycles. The highest BCUT2D eigenvalue weighted by molar-refractivity contribution is 9.10. The average molecular weight is 429 g/mol. The first-order valence-electron chi connectivity index (χ1n) is 8.91. The number of hydrogen-bond donors (Lipinski definition) is 0. The Morgan fingerprint density at radius 3 is 2.68 bits per heavy atom. The fraction of sp³-hybridized carbons (Fsp3) is 0.611. The lowest BCUT2D eigenvalue weighted by atomic mass is 10.0. The highest BCUT2D eigenvalue weighted by Gasteiger charge is 2.39. The standard InChI is InChI=1S/C18H25BrN2O3S/c1-4-16-7-5-6-8-20(16)25(23,24)17-11-15(19)10-14-9-12(2)21(13(3)22)18(14)17/h10-12,16H,4-9H2,1-3H3. The number of nitrogens with zero attached hydrogens (tertiary/aromatic N) is 2. The van der Waals surface area contributed by atoms with E-state index >= 15 is 0 Å². The maximum atomic E-state index is 13.5. The fourth-order valence-corrected chi connectivity index (χ4v) is 6.85. The van der Waals surface area contributed by atoms with Gasteiger partial charge in [0.2, 0.25) is 15.9 Å². The molecule has 7 heteroatoms. The molecule has 0 radical (unpaired) electrons. The van der Waals surface area contributed by atoms with Crippen LogP contribution in [0.5, 0.6) is 0 Å². The van der Waals surface area contributed by atoms with E-state index in [1.165, 1.54) is 6.92 Å². The molecule has 2 aliphatic rings. The van der Waals surface area contributed by atoms with Crippen LogP contribution in [-0.2, 0) is 21.2 Å². The van der Waals surface area contributed by atoms with Gasteiger partial charge in [-0.3, -0.25) is 4.79 Å². The quantitative estimate of drug-likeness (QED) is 0.736. The summed E-state index contributed by atoms with van der Waals surface area (Å²) in [7, 11) is -3.65. The monoisotopic (exact) mass is 428 g/mol. The molecule has 138 valence electrons. The highest BCUT2D eigenvalue weighted by atomic mass is 79.9. The van der Waals surface area contributed by atoms with Crippen LogP contribution in [0, 0.1) is 0 Å². The van der Waals surface area contributed by atoms with Crippen molar-refractivity contribution in [2.45, 2.75) is 69.9 Å². The van der Waals surface area contributed by atoms with Crippen molar-refractivity contribution < 1.29 is 13.2 Å². The topological polar surface area (TPSA) is 57.7 Å². The molecule has 0 bridgehead atoms. The SMILES string of the molecule is CCC1CCCCN1S(=O)(=O)c1cc(Br)cc2c1N(C(C)=O)C(C)C2. The van der Waals surface area contributed by atoms with Gasteiger partial charge in [-0.1, -0.05) is 29.3 Å². The molecular weight excluding hydrogens is 404 g/mol. The molecule has 25 heavy (non-hydrogen) atoms. The van der Waals surface area contributed by atoms with Crippen LogP contribution in [0.1, 0.15) is 52.0 Å². The third-order valence-electron chi connectivity index (χ3n) is 5.29. The van der Waals surface area contributed by atoms with Gasteiger partial charge in [-0.05, 0) is 50.3 Å². The zero-order valence-electron chi connectivity index (χ0n) is 15.0. The van der Waals surface area contributed by atoms with Crippen LogP contribution in [0.3, 0.4) is 0 Å². The Hall–Kier alpha value is -0.920. The number of anilines is 1. The van der Waals surface area contributed by atoms with E-state index in [0.717, 1.165) is 35.7 Å². The van der Waals surface area contributed by atoms with E-state index < -0.39 is 10.0 Å². The number of amides is 1. The van der Waals surface area contributed by atoms with Crippen LogP contribution < -0.4 is 4.90 Å². The maximum absolute atomic E-state index is 13.5. The van der Waals surface area contributed by atoms with E-state index in [0.29, 0.717) is 18.7 Å². The number of rotatable bonds is 3. The van der Waals surface area contributed by atoms with Gasteiger partial charge in [-0.25, -0.2) is 8.42 Å². The van der Waals surface area contributed by atoms with Crippen molar-refractivity contribution in [2.75, 3.05) is 11.4 Å². The molecular formula is C18H25BrN2O3S. The molecule has 2 unspecified atom stereocenters. The highest BCUT2D eigenvalue weighted by Crippen LogP contribution is 2.42. The van der Waals surface area contributed by atoms with Crippen LogP contribution >= 0.6 is 15.9 Å². The van der Waals surface area contributed by atoms with Gasteiger partial charge in [0.1, 0.15) is 4.90 Å². The van der Waals surface area contributed by atoms with E-state index in [4.69, 9.17) is 0 Å². The Kier molecular flexibility index (Phi) is 5.28. The van der Waals surface area contributed by atoms with Crippen LogP contribution in [-0.4, -0.2) is 37.3 Å². The Balaban J connectivity index is 2.16. The van der Waals surface area contributed by atoms with E-state index in [-0.39, 0.29) is 22.9 Å². The summed E-state index contributed by atoms with van der Waals surface area (Å²) in [6, 6.07) is 3.60. The number of carbonyl (C=O) groups is 1. The van der Waals surface area contributed by atoms with E-state index in [9.17, 15) is 13.2 Å². The van der Waals surface area contributed by atoms with Crippen molar-refractivity contribution in [3.63, 3.8) is 0 Å². The first-order chi connectivity index (χ1) is 11.8. The minimum absolute atomic E-state index is 0.0286. The van der Waals surface area contributed by atoms with Gasteiger partial charge in [-0.15, -0.1) is 0 Å². The Labute approximate surface area is 158 Å². The number of benzene rings is 1. The molecule has 3 rings (SSSR count). The van der Waals surface area contributed by atoms with Gasteiger partial charge in [0, 0.05) is 30.0 Å². The zero-order valence-corrected chi connectivity index (χ0v) is 17.4. The van der Waals surface area contributed by atoms with Gasteiger partial charge in [-0.2, -0.15) is 4.31 Å². The van der Waals surface area contributed by atoms with Crippen LogP contribution in [0.2, 0.25) is 0 Å². The lowest BCUT2D eigenvalue weighted by Gasteiger charge is -2.35. The van der Waals surface area contributed by atoms with Crippen molar-refractivity contribution in [1.29, 1.82) is 0 Å². The van der Waals surface area contributed by atoms with Gasteiger partial charge in [0.15, 0.2) is 0 Å². The second-order valence-electron chi connectivity index (χ2n) is 7.03. The molecule has 1 amide bonds. The lowest BCUT2D eigenvalue weighted by molar-refractivity contribution is -0.116. The molecule has 1 fully saturated rings. The number of piperidine rings is 1. The molecule has 0 N–H and O–H groups in total. The molecule has 2 atom stereocenters. The van der Waals surface area contributed by atoms with Gasteiger partial charge in [0.25, 0.3) is 0 Å². The third kappa shape index (κ3) is 3.26. The summed E-state index contributed by atoms with van der Waals surface area (Å²) < 4.78 is 29.4. The number of fused-ring (bicyclic) bond motifs is 1. The molecule has 0 saturated carbocycles. The summed E-state index contributed by atoms with van der Waals surface area (Å²) in [5.41, 5.74) is 1.49. The molecule has 2 aliphatic heterocycles. The minimum Gasteiger partial charge on any atom is -0.308 e. The fourth-order valence-electron chi connectivity index (χ4n) is 4.18. The molecule has 1 saturated heterocycles. The summed E-state index contributed by atoms with van der Waals surface area (Å²) in [5, 5.41) is 0. The lowest BCUT2D eigenvalue weighted by Crippen LogP contribution is -2.44. The Morgan fingerprint density at radius 1 is 1.32 bits per heavy atom. The van der Waals surface area contributed by atoms with Crippen LogP contribution in [0.25, 0.3) is 0 Å². The van der Waals surface area contributed by atoms with Crippen molar-refractivity contribution >= 4 is 37.5 Å². The zero-order chi connectivity index (χ0) is 18.4. The van der Waals surface area contributed by atoms with Crippen molar-refractivity contribution in [1.82, 2.24) is 4.31 Å². The summed E-state index contributed by atoms with van der Waals surface area (Å²) in [6.45, 7) is 6.05. The summed E-state index contributed by atoms with van der Waals surface area (Å²) in [5.74, 6) is -0.115. The van der Waals surface area contributed by atoms with Gasteiger partial charge in [0.05, 0.1) is 5.69 Å². The van der Waals surface area contributed by atoms with Crippen molar-refractivity contribution in [3.05, 3.63) is 22.2 Å². The first kappa shape index (κ1) is 18.9. The van der Waals surface area contributed by atoms with E-state index in [1.54, 1.807) is 15.3 Å². The van der Waals surface area contributed by atoms with Crippen LogP contribution in [0.4, 0.5) is 5.69 Å². The van der Waals surface area contributed by atoms with Crippen LogP contribution in [0.15, 0.2) is 21.5 Å².